The Balaban J connectivity index is 1.19. The number of unbranched alkanes of at least 4 members (excludes halogenated alkanes) is 12. The molecule has 262 valence electrons. The molecule has 0 aromatic rings. The Morgan fingerprint density at radius 1 is 0.783 bits per heavy atom. The lowest BCUT2D eigenvalue weighted by atomic mass is 9.50. The number of allylic oxidation sites excluding steroid dienone is 5. The van der Waals surface area contributed by atoms with Crippen LogP contribution < -0.4 is 0 Å². The SMILES string of the molecule is CCCCCCCCCCCCCCCC(=O)O[C@H]1CC[C@@]2(C)C(=CC=C3[C@@H]4CC[C@H]([C@H](C)/C=C\[C@H](C)C(C)C)[C@@]4(C)CC[C@@H]32)C1. The second-order valence-corrected chi connectivity index (χ2v) is 17.3. The molecule has 0 saturated heterocycles. The Kier molecular flexibility index (Phi) is 14.6. The van der Waals surface area contributed by atoms with Crippen LogP contribution in [-0.4, -0.2) is 12.1 Å². The van der Waals surface area contributed by atoms with Gasteiger partial charge in [-0.25, -0.2) is 0 Å². The minimum atomic E-state index is 0.0423. The zero-order valence-corrected chi connectivity index (χ0v) is 31.5. The third-order valence-electron chi connectivity index (χ3n) is 13.8. The van der Waals surface area contributed by atoms with Crippen molar-refractivity contribution < 1.29 is 9.53 Å². The first-order valence-corrected chi connectivity index (χ1v) is 20.4. The van der Waals surface area contributed by atoms with Gasteiger partial charge in [-0.05, 0) is 91.3 Å². The molecule has 0 unspecified atom stereocenters. The molecule has 46 heavy (non-hydrogen) atoms. The van der Waals surface area contributed by atoms with Crippen LogP contribution in [0.4, 0.5) is 0 Å². The summed E-state index contributed by atoms with van der Waals surface area (Å²) in [6, 6.07) is 0. The van der Waals surface area contributed by atoms with E-state index in [2.05, 4.69) is 72.8 Å². The van der Waals surface area contributed by atoms with Crippen molar-refractivity contribution in [1.82, 2.24) is 0 Å². The monoisotopic (exact) mass is 635 g/mol. The van der Waals surface area contributed by atoms with Gasteiger partial charge >= 0.3 is 5.97 Å². The molecule has 2 heteroatoms. The summed E-state index contributed by atoms with van der Waals surface area (Å²) >= 11 is 0. The van der Waals surface area contributed by atoms with E-state index in [0.29, 0.717) is 35.5 Å². The van der Waals surface area contributed by atoms with Gasteiger partial charge < -0.3 is 4.74 Å². The van der Waals surface area contributed by atoms with Crippen molar-refractivity contribution in [1.29, 1.82) is 0 Å². The fourth-order valence-corrected chi connectivity index (χ4v) is 10.2. The Hall–Kier alpha value is -1.31. The Morgan fingerprint density at radius 3 is 2.04 bits per heavy atom. The summed E-state index contributed by atoms with van der Waals surface area (Å²) in [7, 11) is 0. The summed E-state index contributed by atoms with van der Waals surface area (Å²) < 4.78 is 6.10. The molecule has 0 heterocycles. The lowest BCUT2D eigenvalue weighted by molar-refractivity contribution is -0.151. The van der Waals surface area contributed by atoms with Crippen molar-refractivity contribution in [2.45, 2.75) is 189 Å². The number of ether oxygens (including phenoxy) is 1. The number of carbonyl (C=O) groups is 1. The zero-order valence-electron chi connectivity index (χ0n) is 31.5. The molecular weight excluding hydrogens is 560 g/mol. The van der Waals surface area contributed by atoms with Crippen LogP contribution in [0.15, 0.2) is 35.5 Å². The maximum absolute atomic E-state index is 12.8. The van der Waals surface area contributed by atoms with Gasteiger partial charge in [0.2, 0.25) is 0 Å². The second kappa shape index (κ2) is 17.9. The highest BCUT2D eigenvalue weighted by molar-refractivity contribution is 5.69. The molecular formula is C44H74O2. The van der Waals surface area contributed by atoms with Crippen molar-refractivity contribution in [3.05, 3.63) is 35.5 Å². The van der Waals surface area contributed by atoms with Crippen LogP contribution in [0.3, 0.4) is 0 Å². The highest BCUT2D eigenvalue weighted by Crippen LogP contribution is 2.66. The van der Waals surface area contributed by atoms with E-state index in [1.54, 1.807) is 11.1 Å². The standard InChI is InChI=1S/C44H74O2/c1-8-9-10-11-12-13-14-15-16-17-18-19-20-21-42(45)46-37-28-30-43(6)36(32-37)24-25-38-40-27-26-39(44(40,7)31-29-41(38)43)35(5)23-22-34(4)33(2)3/h22-25,33-35,37,39-41H,8-21,26-32H2,1-7H3/b23-22-/t34-,35+,37-,39+,40-,41-,43-,44+/m0/s1. The molecule has 2 nitrogen and oxygen atoms in total. The number of carbonyl (C=O) groups excluding carboxylic acids is 1. The van der Waals surface area contributed by atoms with Gasteiger partial charge in [-0.1, -0.05) is 161 Å². The molecule has 0 bridgehead atoms. The van der Waals surface area contributed by atoms with Crippen molar-refractivity contribution >= 4 is 5.97 Å². The molecule has 8 atom stereocenters. The van der Waals surface area contributed by atoms with Gasteiger partial charge in [-0.3, -0.25) is 4.79 Å². The van der Waals surface area contributed by atoms with E-state index in [1.165, 1.54) is 103 Å². The summed E-state index contributed by atoms with van der Waals surface area (Å²) in [6.07, 6.45) is 36.7. The smallest absolute Gasteiger partial charge is 0.306 e. The molecule has 4 aliphatic carbocycles. The first-order chi connectivity index (χ1) is 22.1. The second-order valence-electron chi connectivity index (χ2n) is 17.3. The van der Waals surface area contributed by atoms with Crippen LogP contribution in [0.1, 0.15) is 183 Å². The third kappa shape index (κ3) is 9.43. The Labute approximate surface area is 286 Å². The van der Waals surface area contributed by atoms with Crippen molar-refractivity contribution in [3.8, 4) is 0 Å². The van der Waals surface area contributed by atoms with E-state index in [0.717, 1.165) is 37.5 Å². The van der Waals surface area contributed by atoms with Gasteiger partial charge in [-0.2, -0.15) is 0 Å². The molecule has 3 fully saturated rings. The molecule has 0 spiro atoms. The fourth-order valence-electron chi connectivity index (χ4n) is 10.2. The van der Waals surface area contributed by atoms with Gasteiger partial charge in [0.15, 0.2) is 0 Å². The highest BCUT2D eigenvalue weighted by atomic mass is 16.5. The molecule has 0 radical (unpaired) electrons. The van der Waals surface area contributed by atoms with E-state index < -0.39 is 0 Å². The summed E-state index contributed by atoms with van der Waals surface area (Å²) in [4.78, 5) is 12.8. The predicted molar refractivity (Wildman–Crippen MR) is 198 cm³/mol. The number of hydrogen-bond donors (Lipinski definition) is 0. The number of hydrogen-bond acceptors (Lipinski definition) is 2. The maximum Gasteiger partial charge on any atom is 0.306 e. The van der Waals surface area contributed by atoms with Crippen molar-refractivity contribution in [3.63, 3.8) is 0 Å². The average molecular weight is 635 g/mol. The van der Waals surface area contributed by atoms with Crippen molar-refractivity contribution in [2.75, 3.05) is 0 Å². The molecule has 0 N–H and O–H groups in total. The lowest BCUT2D eigenvalue weighted by Crippen LogP contribution is -2.46. The van der Waals surface area contributed by atoms with Gasteiger partial charge in [0.25, 0.3) is 0 Å². The van der Waals surface area contributed by atoms with Crippen LogP contribution in [-0.2, 0) is 9.53 Å². The Bertz CT molecular complexity index is 1030. The van der Waals surface area contributed by atoms with Crippen molar-refractivity contribution in [2.24, 2.45) is 46.3 Å². The summed E-state index contributed by atoms with van der Waals surface area (Å²) in [5.74, 6) is 4.27. The minimum Gasteiger partial charge on any atom is -0.462 e. The van der Waals surface area contributed by atoms with E-state index in [1.807, 2.05) is 0 Å². The van der Waals surface area contributed by atoms with Gasteiger partial charge in [-0.15, -0.1) is 0 Å². The molecule has 4 rings (SSSR count). The zero-order chi connectivity index (χ0) is 33.2. The normalized spacial score (nSPS) is 32.0. The quantitative estimate of drug-likeness (QED) is 0.0802. The Morgan fingerprint density at radius 2 is 1.41 bits per heavy atom. The van der Waals surface area contributed by atoms with E-state index in [4.69, 9.17) is 4.74 Å². The van der Waals surface area contributed by atoms with E-state index in [9.17, 15) is 4.79 Å². The first-order valence-electron chi connectivity index (χ1n) is 20.4. The molecule has 0 aliphatic heterocycles. The molecule has 0 aromatic carbocycles. The van der Waals surface area contributed by atoms with Crippen LogP contribution in [0.2, 0.25) is 0 Å². The van der Waals surface area contributed by atoms with E-state index >= 15 is 0 Å². The topological polar surface area (TPSA) is 26.3 Å². The van der Waals surface area contributed by atoms with Crippen LogP contribution in [0.5, 0.6) is 0 Å². The first kappa shape index (κ1) is 37.5. The highest BCUT2D eigenvalue weighted by Gasteiger charge is 2.57. The summed E-state index contributed by atoms with van der Waals surface area (Å²) in [6.45, 7) is 17.0. The van der Waals surface area contributed by atoms with Crippen LogP contribution in [0.25, 0.3) is 0 Å². The van der Waals surface area contributed by atoms with Gasteiger partial charge in [0.1, 0.15) is 6.10 Å². The van der Waals surface area contributed by atoms with Crippen LogP contribution >= 0.6 is 0 Å². The van der Waals surface area contributed by atoms with Crippen LogP contribution in [0, 0.1) is 46.3 Å². The third-order valence-corrected chi connectivity index (χ3v) is 13.8. The molecule has 0 amide bonds. The number of fused-ring (bicyclic) bond motifs is 5. The summed E-state index contributed by atoms with van der Waals surface area (Å²) in [5, 5.41) is 0. The van der Waals surface area contributed by atoms with Gasteiger partial charge in [0, 0.05) is 12.8 Å². The maximum atomic E-state index is 12.8. The average Bonchev–Trinajstić information content (AvgIpc) is 3.39. The largest absolute Gasteiger partial charge is 0.462 e. The lowest BCUT2D eigenvalue weighted by Gasteiger charge is -2.55. The fraction of sp³-hybridized carbons (Fsp3) is 0.841. The summed E-state index contributed by atoms with van der Waals surface area (Å²) in [5.41, 5.74) is 4.00. The van der Waals surface area contributed by atoms with Gasteiger partial charge in [0.05, 0.1) is 0 Å². The van der Waals surface area contributed by atoms with E-state index in [-0.39, 0.29) is 17.5 Å². The molecule has 0 aromatic heterocycles. The number of esters is 1. The molecule has 4 aliphatic rings. The minimum absolute atomic E-state index is 0.0423. The predicted octanol–water partition coefficient (Wildman–Crippen LogP) is 13.4. The molecule has 3 saturated carbocycles. The number of rotatable bonds is 19.